The normalized spacial score (nSPS) is 26.2. The van der Waals surface area contributed by atoms with Crippen molar-refractivity contribution in [1.29, 1.82) is 0 Å². The average Bonchev–Trinajstić information content (AvgIpc) is 3.05. The molecule has 2 unspecified atom stereocenters. The number of nitrogens with zero attached hydrogens (tertiary/aromatic N) is 2. The summed E-state index contributed by atoms with van der Waals surface area (Å²) in [6.07, 6.45) is -3.15. The zero-order valence-corrected chi connectivity index (χ0v) is 21.9. The lowest BCUT2D eigenvalue weighted by Crippen LogP contribution is -2.41. The monoisotopic (exact) mass is 592 g/mol. The van der Waals surface area contributed by atoms with Gasteiger partial charge in [0.05, 0.1) is 13.2 Å². The molecule has 2 aromatic rings. The molecule has 0 radical (unpaired) electrons. The number of anilines is 1. The fourth-order valence-corrected chi connectivity index (χ4v) is 5.34. The Balaban J connectivity index is 1.78. The molecule has 0 amide bonds. The van der Waals surface area contributed by atoms with E-state index >= 15 is 4.39 Å². The van der Waals surface area contributed by atoms with Crippen LogP contribution in [0.25, 0.3) is 0 Å². The molecule has 0 saturated carbocycles. The quantitative estimate of drug-likeness (QED) is 0.199. The molecule has 1 aliphatic heterocycles. The van der Waals surface area contributed by atoms with Crippen molar-refractivity contribution in [3.05, 3.63) is 53.1 Å². The molecule has 1 fully saturated rings. The van der Waals surface area contributed by atoms with Crippen LogP contribution in [0.2, 0.25) is 0 Å². The zero-order chi connectivity index (χ0) is 26.5. The van der Waals surface area contributed by atoms with E-state index in [1.165, 1.54) is 25.1 Å². The SMILES string of the molecule is CCCOC(=O)[C@H](C)NP(=O)(OC[C@H]1O[C@@H](n2ccc(N)nc2=O)[C@@](F)(Br)C1O)Oc1ccccc1. The Bertz CT molecular complexity index is 1150. The van der Waals surface area contributed by atoms with E-state index in [9.17, 15) is 19.3 Å². The van der Waals surface area contributed by atoms with E-state index in [-0.39, 0.29) is 18.2 Å². The summed E-state index contributed by atoms with van der Waals surface area (Å²) >= 11 is 2.77. The second-order valence-electron chi connectivity index (χ2n) is 7.90. The number of carbonyl (C=O) groups excluding carboxylic acids is 1. The van der Waals surface area contributed by atoms with Gasteiger partial charge >= 0.3 is 19.4 Å². The molecule has 6 atom stereocenters. The summed E-state index contributed by atoms with van der Waals surface area (Å²) < 4.78 is 48.7. The van der Waals surface area contributed by atoms with Gasteiger partial charge in [0.1, 0.15) is 29.8 Å². The molecule has 15 heteroatoms. The number of ether oxygens (including phenoxy) is 2. The van der Waals surface area contributed by atoms with Gasteiger partial charge in [0, 0.05) is 6.20 Å². The molecule has 36 heavy (non-hydrogen) atoms. The Hall–Kier alpha value is -2.35. The third-order valence-corrected chi connectivity index (χ3v) is 7.52. The van der Waals surface area contributed by atoms with Gasteiger partial charge in [0.25, 0.3) is 0 Å². The van der Waals surface area contributed by atoms with Gasteiger partial charge in [-0.15, -0.1) is 0 Å². The maximum absolute atomic E-state index is 15.4. The summed E-state index contributed by atoms with van der Waals surface area (Å²) in [5, 5.41) is 13.0. The van der Waals surface area contributed by atoms with Crippen molar-refractivity contribution in [3.8, 4) is 5.75 Å². The number of hydrogen-bond donors (Lipinski definition) is 3. The van der Waals surface area contributed by atoms with Gasteiger partial charge in [-0.25, -0.2) is 13.8 Å². The Kier molecular flexibility index (Phi) is 9.25. The minimum Gasteiger partial charge on any atom is -0.465 e. The van der Waals surface area contributed by atoms with Gasteiger partial charge in [-0.1, -0.05) is 25.1 Å². The third kappa shape index (κ3) is 6.69. The topological polar surface area (TPSA) is 164 Å². The molecule has 0 spiro atoms. The lowest BCUT2D eigenvalue weighted by atomic mass is 10.1. The Morgan fingerprint density at radius 2 is 2.11 bits per heavy atom. The van der Waals surface area contributed by atoms with Gasteiger partial charge < -0.3 is 24.8 Å². The molecule has 0 aliphatic carbocycles. The van der Waals surface area contributed by atoms with E-state index in [2.05, 4.69) is 26.0 Å². The lowest BCUT2D eigenvalue weighted by molar-refractivity contribution is -0.145. The molecule has 1 saturated heterocycles. The summed E-state index contributed by atoms with van der Waals surface area (Å²) in [5.74, 6) is -0.605. The minimum atomic E-state index is -4.29. The van der Waals surface area contributed by atoms with E-state index in [1.807, 2.05) is 6.92 Å². The van der Waals surface area contributed by atoms with Crippen LogP contribution in [0.15, 0.2) is 47.4 Å². The maximum atomic E-state index is 15.4. The molecule has 12 nitrogen and oxygen atoms in total. The number of esters is 1. The van der Waals surface area contributed by atoms with Crippen LogP contribution < -0.4 is 21.0 Å². The van der Waals surface area contributed by atoms with Crippen molar-refractivity contribution in [2.45, 2.75) is 49.3 Å². The summed E-state index contributed by atoms with van der Waals surface area (Å²) in [6.45, 7) is 2.76. The van der Waals surface area contributed by atoms with E-state index in [0.29, 0.717) is 6.42 Å². The summed E-state index contributed by atoms with van der Waals surface area (Å²) in [4.78, 5) is 27.9. The van der Waals surface area contributed by atoms with Gasteiger partial charge in [-0.3, -0.25) is 13.9 Å². The predicted octanol–water partition coefficient (Wildman–Crippen LogP) is 2.28. The summed E-state index contributed by atoms with van der Waals surface area (Å²) in [6, 6.07) is 8.17. The van der Waals surface area contributed by atoms with Gasteiger partial charge in [-0.05, 0) is 47.5 Å². The molecule has 1 aromatic heterocycles. The summed E-state index contributed by atoms with van der Waals surface area (Å²) in [5.41, 5.74) is 4.56. The van der Waals surface area contributed by atoms with Crippen molar-refractivity contribution in [3.63, 3.8) is 0 Å². The highest BCUT2D eigenvalue weighted by molar-refractivity contribution is 9.10. The molecular weight excluding hydrogens is 566 g/mol. The van der Waals surface area contributed by atoms with Crippen molar-refractivity contribution in [2.75, 3.05) is 18.9 Å². The van der Waals surface area contributed by atoms with Crippen LogP contribution in [0.5, 0.6) is 5.75 Å². The van der Waals surface area contributed by atoms with Crippen molar-refractivity contribution in [2.24, 2.45) is 0 Å². The fraction of sp³-hybridized carbons (Fsp3) is 0.476. The number of aliphatic hydroxyl groups is 1. The van der Waals surface area contributed by atoms with Gasteiger partial charge in [-0.2, -0.15) is 10.1 Å². The molecule has 4 N–H and O–H groups in total. The molecular formula is C21H27BrFN4O8P. The number of aliphatic hydroxyl groups excluding tert-OH is 1. The van der Waals surface area contributed by atoms with E-state index in [4.69, 9.17) is 24.3 Å². The highest BCUT2D eigenvalue weighted by atomic mass is 79.9. The molecule has 1 aromatic carbocycles. The highest BCUT2D eigenvalue weighted by Crippen LogP contribution is 2.49. The highest BCUT2D eigenvalue weighted by Gasteiger charge is 2.57. The molecule has 1 aliphatic rings. The van der Waals surface area contributed by atoms with Crippen LogP contribution in [0.3, 0.4) is 0 Å². The Morgan fingerprint density at radius 3 is 2.75 bits per heavy atom. The number of aromatic nitrogens is 2. The number of carbonyl (C=O) groups is 1. The largest absolute Gasteiger partial charge is 0.465 e. The first-order valence-electron chi connectivity index (χ1n) is 11.0. The number of nitrogens with one attached hydrogen (secondary N) is 1. The predicted molar refractivity (Wildman–Crippen MR) is 130 cm³/mol. The molecule has 2 heterocycles. The smallest absolute Gasteiger partial charge is 0.459 e. The number of rotatable bonds is 11. The number of nitrogen functional groups attached to an aromatic ring is 1. The molecule has 3 rings (SSSR count). The number of nitrogens with two attached hydrogens (primary N) is 1. The summed E-state index contributed by atoms with van der Waals surface area (Å²) in [7, 11) is -4.29. The first kappa shape index (κ1) is 28.2. The van der Waals surface area contributed by atoms with Gasteiger partial charge in [0.2, 0.25) is 4.58 Å². The number of alkyl halides is 2. The van der Waals surface area contributed by atoms with Crippen LogP contribution in [0.1, 0.15) is 26.5 Å². The Morgan fingerprint density at radius 1 is 1.42 bits per heavy atom. The van der Waals surface area contributed by atoms with Gasteiger partial charge in [0.15, 0.2) is 6.23 Å². The standard InChI is InChI=1S/C21H27BrFN4O8P/c1-3-11-32-18(29)13(2)26-36(31,35-14-7-5-4-6-8-14)33-12-15-17(28)21(22,23)19(34-15)27-10-9-16(24)25-20(27)30/h4-10,13,15,17,19,28H,3,11-12H2,1-2H3,(H,26,31)(H2,24,25,30)/t13-,15+,17?,19+,21+,36?/m0/s1. The molecule has 0 bridgehead atoms. The number of halogens is 2. The van der Waals surface area contributed by atoms with Crippen LogP contribution in [0.4, 0.5) is 10.2 Å². The number of hydrogen-bond acceptors (Lipinski definition) is 10. The fourth-order valence-electron chi connectivity index (χ4n) is 3.21. The van der Waals surface area contributed by atoms with Crippen molar-refractivity contribution >= 4 is 35.5 Å². The van der Waals surface area contributed by atoms with Crippen LogP contribution in [-0.2, 0) is 23.4 Å². The van der Waals surface area contributed by atoms with Crippen LogP contribution in [0, 0.1) is 0 Å². The maximum Gasteiger partial charge on any atom is 0.459 e. The average molecular weight is 593 g/mol. The van der Waals surface area contributed by atoms with Crippen LogP contribution >= 0.6 is 23.7 Å². The van der Waals surface area contributed by atoms with E-state index < -0.39 is 55.1 Å². The second-order valence-corrected chi connectivity index (χ2v) is 10.8. The number of para-hydroxylation sites is 1. The lowest BCUT2D eigenvalue weighted by Gasteiger charge is -2.24. The first-order chi connectivity index (χ1) is 17.0. The molecule has 198 valence electrons. The van der Waals surface area contributed by atoms with Crippen molar-refractivity contribution < 1.29 is 37.4 Å². The zero-order valence-electron chi connectivity index (χ0n) is 19.5. The third-order valence-electron chi connectivity index (χ3n) is 5.01. The second kappa shape index (κ2) is 11.8. The van der Waals surface area contributed by atoms with E-state index in [1.54, 1.807) is 18.2 Å². The van der Waals surface area contributed by atoms with Crippen LogP contribution in [-0.4, -0.2) is 56.7 Å². The number of benzene rings is 1. The van der Waals surface area contributed by atoms with E-state index in [0.717, 1.165) is 10.8 Å². The minimum absolute atomic E-state index is 0.0784. The Labute approximate surface area is 214 Å². The van der Waals surface area contributed by atoms with Crippen molar-refractivity contribution in [1.82, 2.24) is 14.6 Å². The first-order valence-corrected chi connectivity index (χ1v) is 13.3.